The van der Waals surface area contributed by atoms with Gasteiger partial charge in [0, 0.05) is 36.9 Å². The van der Waals surface area contributed by atoms with Gasteiger partial charge in [-0.3, -0.25) is 4.79 Å². The number of terminal acetylenes is 1. The summed E-state index contributed by atoms with van der Waals surface area (Å²) in [6.07, 6.45) is 7.52. The van der Waals surface area contributed by atoms with Gasteiger partial charge in [-0.2, -0.15) is 0 Å². The van der Waals surface area contributed by atoms with Crippen molar-refractivity contribution in [1.29, 1.82) is 0 Å². The molecule has 27 heavy (non-hydrogen) atoms. The predicted octanol–water partition coefficient (Wildman–Crippen LogP) is 3.86. The van der Waals surface area contributed by atoms with E-state index >= 15 is 0 Å². The van der Waals surface area contributed by atoms with E-state index < -0.39 is 0 Å². The Bertz CT molecular complexity index is 824. The van der Waals surface area contributed by atoms with Gasteiger partial charge >= 0.3 is 0 Å². The minimum absolute atomic E-state index is 0.0865. The number of unbranched alkanes of at least 4 members (excludes halogenated alkanes) is 1. The molecule has 2 aromatic rings. The van der Waals surface area contributed by atoms with Crippen molar-refractivity contribution in [3.63, 3.8) is 0 Å². The number of carbonyl (C=O) groups is 1. The van der Waals surface area contributed by atoms with Crippen LogP contribution in [-0.2, 0) is 4.74 Å². The maximum atomic E-state index is 12.4. The third-order valence-corrected chi connectivity index (χ3v) is 4.00. The number of ether oxygens (including phenoxy) is 3. The summed E-state index contributed by atoms with van der Waals surface area (Å²) in [5, 5.41) is 2.65. The molecule has 0 fully saturated rings. The molecule has 5 heteroatoms. The normalized spacial score (nSPS) is 10.1. The second kappa shape index (κ2) is 10.2. The van der Waals surface area contributed by atoms with Crippen molar-refractivity contribution in [2.75, 3.05) is 27.6 Å². The zero-order valence-electron chi connectivity index (χ0n) is 16.0. The van der Waals surface area contributed by atoms with Crippen LogP contribution >= 0.6 is 0 Å². The summed E-state index contributed by atoms with van der Waals surface area (Å²) in [6, 6.07) is 10.9. The molecule has 0 aliphatic rings. The van der Waals surface area contributed by atoms with E-state index in [-0.39, 0.29) is 12.7 Å². The van der Waals surface area contributed by atoms with E-state index in [1.807, 2.05) is 24.3 Å². The highest BCUT2D eigenvalue weighted by Crippen LogP contribution is 2.36. The van der Waals surface area contributed by atoms with Gasteiger partial charge in [0.05, 0.1) is 6.61 Å². The SMILES string of the molecule is C#Cc1ccc(-c2ccc(OCCCC)cc2OCOC)c(C(=O)NC)c1. The Morgan fingerprint density at radius 2 is 1.93 bits per heavy atom. The molecule has 0 saturated heterocycles. The number of amides is 1. The molecule has 0 saturated carbocycles. The van der Waals surface area contributed by atoms with Crippen LogP contribution in [0.1, 0.15) is 35.7 Å². The Kier molecular flexibility index (Phi) is 7.72. The fourth-order valence-electron chi connectivity index (χ4n) is 2.58. The van der Waals surface area contributed by atoms with Crippen molar-refractivity contribution in [2.24, 2.45) is 0 Å². The molecule has 0 bridgehead atoms. The molecular formula is C22H25NO4. The Labute approximate surface area is 160 Å². The summed E-state index contributed by atoms with van der Waals surface area (Å²) in [6.45, 7) is 2.84. The van der Waals surface area contributed by atoms with E-state index in [4.69, 9.17) is 20.6 Å². The molecule has 0 spiro atoms. The van der Waals surface area contributed by atoms with Gasteiger partial charge in [0.15, 0.2) is 6.79 Å². The Morgan fingerprint density at radius 3 is 2.59 bits per heavy atom. The second-order valence-electron chi connectivity index (χ2n) is 5.89. The largest absolute Gasteiger partial charge is 0.493 e. The van der Waals surface area contributed by atoms with Crippen molar-refractivity contribution in [2.45, 2.75) is 19.8 Å². The first-order chi connectivity index (χ1) is 13.1. The molecule has 1 amide bonds. The predicted molar refractivity (Wildman–Crippen MR) is 106 cm³/mol. The molecule has 0 aliphatic heterocycles. The van der Waals surface area contributed by atoms with E-state index in [2.05, 4.69) is 18.2 Å². The molecule has 2 rings (SSSR count). The molecule has 0 aromatic heterocycles. The Morgan fingerprint density at radius 1 is 1.15 bits per heavy atom. The number of nitrogens with one attached hydrogen (secondary N) is 1. The number of methoxy groups -OCH3 is 1. The summed E-state index contributed by atoms with van der Waals surface area (Å²) in [5.74, 6) is 3.62. The molecule has 0 unspecified atom stereocenters. The maximum Gasteiger partial charge on any atom is 0.251 e. The molecule has 0 atom stereocenters. The lowest BCUT2D eigenvalue weighted by molar-refractivity contribution is 0.0513. The van der Waals surface area contributed by atoms with Crippen LogP contribution < -0.4 is 14.8 Å². The number of rotatable bonds is 9. The average Bonchev–Trinajstić information content (AvgIpc) is 2.71. The van der Waals surface area contributed by atoms with E-state index in [9.17, 15) is 4.79 Å². The lowest BCUT2D eigenvalue weighted by atomic mass is 9.96. The van der Waals surface area contributed by atoms with E-state index in [1.54, 1.807) is 26.3 Å². The van der Waals surface area contributed by atoms with Crippen LogP contribution in [0.5, 0.6) is 11.5 Å². The second-order valence-corrected chi connectivity index (χ2v) is 5.89. The number of hydrogen-bond donors (Lipinski definition) is 1. The van der Waals surface area contributed by atoms with Crippen LogP contribution in [0.4, 0.5) is 0 Å². The van der Waals surface area contributed by atoms with Crippen molar-refractivity contribution in [3.05, 3.63) is 47.5 Å². The van der Waals surface area contributed by atoms with E-state index in [0.717, 1.165) is 24.0 Å². The average molecular weight is 367 g/mol. The standard InChI is InChI=1S/C22H25NO4/c1-5-7-12-26-17-9-11-19(21(14-17)27-15-25-4)18-10-8-16(6-2)13-20(18)22(24)23-3/h2,8-11,13-14H,5,7,12,15H2,1,3-4H3,(H,23,24). The van der Waals surface area contributed by atoms with Crippen LogP contribution in [-0.4, -0.2) is 33.5 Å². The third kappa shape index (κ3) is 5.25. The molecule has 142 valence electrons. The highest BCUT2D eigenvalue weighted by molar-refractivity contribution is 6.01. The van der Waals surface area contributed by atoms with Crippen LogP contribution in [0.2, 0.25) is 0 Å². The molecule has 2 aromatic carbocycles. The van der Waals surface area contributed by atoms with E-state index in [0.29, 0.717) is 29.2 Å². The summed E-state index contributed by atoms with van der Waals surface area (Å²) in [4.78, 5) is 12.4. The number of benzene rings is 2. The molecule has 0 heterocycles. The monoisotopic (exact) mass is 367 g/mol. The van der Waals surface area contributed by atoms with Gasteiger partial charge in [-0.05, 0) is 36.2 Å². The Hall–Kier alpha value is -2.97. The highest BCUT2D eigenvalue weighted by Gasteiger charge is 2.17. The third-order valence-electron chi connectivity index (χ3n) is 4.00. The summed E-state index contributed by atoms with van der Waals surface area (Å²) in [5.41, 5.74) is 2.60. The fourth-order valence-corrected chi connectivity index (χ4v) is 2.58. The lowest BCUT2D eigenvalue weighted by Crippen LogP contribution is -2.19. The van der Waals surface area contributed by atoms with Gasteiger partial charge in [0.1, 0.15) is 11.5 Å². The first-order valence-electron chi connectivity index (χ1n) is 8.86. The van der Waals surface area contributed by atoms with Gasteiger partial charge in [0.2, 0.25) is 0 Å². The highest BCUT2D eigenvalue weighted by atomic mass is 16.7. The fraction of sp³-hybridized carbons (Fsp3) is 0.318. The van der Waals surface area contributed by atoms with Gasteiger partial charge in [-0.15, -0.1) is 6.42 Å². The summed E-state index contributed by atoms with van der Waals surface area (Å²) in [7, 11) is 3.14. The minimum atomic E-state index is -0.219. The molecule has 1 N–H and O–H groups in total. The number of hydrogen-bond acceptors (Lipinski definition) is 4. The topological polar surface area (TPSA) is 56.8 Å². The van der Waals surface area contributed by atoms with Crippen molar-refractivity contribution >= 4 is 5.91 Å². The molecule has 0 aliphatic carbocycles. The van der Waals surface area contributed by atoms with Crippen LogP contribution in [0.3, 0.4) is 0 Å². The quantitative estimate of drug-likeness (QED) is 0.415. The van der Waals surface area contributed by atoms with Crippen molar-refractivity contribution in [3.8, 4) is 35.0 Å². The smallest absolute Gasteiger partial charge is 0.251 e. The van der Waals surface area contributed by atoms with Crippen LogP contribution in [0.15, 0.2) is 36.4 Å². The lowest BCUT2D eigenvalue weighted by Gasteiger charge is -2.16. The number of carbonyl (C=O) groups excluding carboxylic acids is 1. The summed E-state index contributed by atoms with van der Waals surface area (Å²) >= 11 is 0. The first-order valence-corrected chi connectivity index (χ1v) is 8.86. The minimum Gasteiger partial charge on any atom is -0.493 e. The van der Waals surface area contributed by atoms with Crippen LogP contribution in [0, 0.1) is 12.3 Å². The van der Waals surface area contributed by atoms with Gasteiger partial charge in [-0.1, -0.05) is 25.3 Å². The first kappa shape index (κ1) is 20.3. The van der Waals surface area contributed by atoms with Crippen molar-refractivity contribution in [1.82, 2.24) is 5.32 Å². The molecular weight excluding hydrogens is 342 g/mol. The Balaban J connectivity index is 2.49. The molecule has 5 nitrogen and oxygen atoms in total. The van der Waals surface area contributed by atoms with Crippen molar-refractivity contribution < 1.29 is 19.0 Å². The van der Waals surface area contributed by atoms with Crippen LogP contribution in [0.25, 0.3) is 11.1 Å². The molecule has 0 radical (unpaired) electrons. The van der Waals surface area contributed by atoms with Gasteiger partial charge in [0.25, 0.3) is 5.91 Å². The van der Waals surface area contributed by atoms with Gasteiger partial charge in [-0.25, -0.2) is 0 Å². The maximum absolute atomic E-state index is 12.4. The van der Waals surface area contributed by atoms with E-state index in [1.165, 1.54) is 0 Å². The zero-order valence-corrected chi connectivity index (χ0v) is 16.0. The summed E-state index contributed by atoms with van der Waals surface area (Å²) < 4.78 is 16.5. The zero-order chi connectivity index (χ0) is 19.6. The van der Waals surface area contributed by atoms with Gasteiger partial charge < -0.3 is 19.5 Å².